The van der Waals surface area contributed by atoms with Crippen LogP contribution >= 0.6 is 0 Å². The van der Waals surface area contributed by atoms with Gasteiger partial charge in [-0.25, -0.2) is 8.42 Å². The molecule has 8 heteroatoms. The van der Waals surface area contributed by atoms with Gasteiger partial charge in [-0.15, -0.1) is 0 Å². The first-order valence-electron chi connectivity index (χ1n) is 6.78. The zero-order chi connectivity index (χ0) is 15.3. The molecule has 0 aliphatic heterocycles. The molecule has 1 amide bonds. The predicted molar refractivity (Wildman–Crippen MR) is 77.9 cm³/mol. The summed E-state index contributed by atoms with van der Waals surface area (Å²) in [6.45, 7) is 0. The van der Waals surface area contributed by atoms with E-state index in [-0.39, 0.29) is 5.91 Å². The van der Waals surface area contributed by atoms with Gasteiger partial charge in [0, 0.05) is 6.20 Å². The third-order valence-electron chi connectivity index (χ3n) is 3.90. The van der Waals surface area contributed by atoms with Crippen molar-refractivity contribution in [2.75, 3.05) is 11.0 Å². The number of hydrogen-bond donors (Lipinski definition) is 3. The van der Waals surface area contributed by atoms with Crippen LogP contribution in [-0.2, 0) is 20.4 Å². The van der Waals surface area contributed by atoms with Crippen LogP contribution in [0.1, 0.15) is 31.4 Å². The number of hydrogen-bond acceptors (Lipinski definition) is 5. The van der Waals surface area contributed by atoms with Crippen molar-refractivity contribution in [1.82, 2.24) is 10.3 Å². The second-order valence-electron chi connectivity index (χ2n) is 6.00. The summed E-state index contributed by atoms with van der Waals surface area (Å²) in [7, 11) is -3.34. The monoisotopic (exact) mass is 310 g/mol. The number of aromatic nitrogens is 1. The molecule has 0 atom stereocenters. The molecule has 2 fully saturated rings. The summed E-state index contributed by atoms with van der Waals surface area (Å²) < 4.78 is 25.0. The third kappa shape index (κ3) is 3.01. The number of sulfonamides is 1. The molecule has 2 aliphatic rings. The Kier molecular flexibility index (Phi) is 3.00. The minimum atomic E-state index is -3.34. The van der Waals surface area contributed by atoms with E-state index >= 15 is 0 Å². The van der Waals surface area contributed by atoms with Crippen molar-refractivity contribution in [2.45, 2.75) is 36.8 Å². The fraction of sp³-hybridized carbons (Fsp3) is 0.538. The molecule has 0 radical (unpaired) electrons. The Bertz CT molecular complexity index is 693. The molecule has 21 heavy (non-hydrogen) atoms. The normalized spacial score (nSPS) is 21.4. The first-order valence-corrected chi connectivity index (χ1v) is 8.68. The summed E-state index contributed by atoms with van der Waals surface area (Å²) in [5, 5.41) is 2.97. The van der Waals surface area contributed by atoms with Crippen LogP contribution in [0.4, 0.5) is 5.69 Å². The standard InChI is InChI=1S/C13H18N4O3S/c1-21(19,20)17-9-2-7-15-10(8-9)13(5-6-13)16-11(18)12(14)3-4-12/h2,7-8H,3-6,14H2,1H3,(H,15,17)(H,16,18). The molecule has 1 aromatic heterocycles. The first-order chi connectivity index (χ1) is 9.73. The number of nitrogens with two attached hydrogens (primary N) is 1. The molecule has 1 aromatic rings. The molecule has 2 saturated carbocycles. The van der Waals surface area contributed by atoms with Crippen LogP contribution in [-0.4, -0.2) is 31.1 Å². The molecular formula is C13H18N4O3S. The van der Waals surface area contributed by atoms with E-state index in [2.05, 4.69) is 15.0 Å². The fourth-order valence-electron chi connectivity index (χ4n) is 2.24. The molecule has 0 bridgehead atoms. The van der Waals surface area contributed by atoms with Crippen molar-refractivity contribution in [3.05, 3.63) is 24.0 Å². The SMILES string of the molecule is CS(=O)(=O)Nc1ccnc(C2(NC(=O)C3(N)CC3)CC2)c1. The second-order valence-corrected chi connectivity index (χ2v) is 7.74. The van der Waals surface area contributed by atoms with E-state index in [1.807, 2.05) is 0 Å². The van der Waals surface area contributed by atoms with Gasteiger partial charge in [-0.05, 0) is 37.8 Å². The average Bonchev–Trinajstić information content (AvgIpc) is 3.26. The molecule has 3 rings (SSSR count). The molecule has 114 valence electrons. The Morgan fingerprint density at radius 2 is 2.00 bits per heavy atom. The Morgan fingerprint density at radius 1 is 1.33 bits per heavy atom. The van der Waals surface area contributed by atoms with Crippen molar-refractivity contribution >= 4 is 21.6 Å². The van der Waals surface area contributed by atoms with Gasteiger partial charge in [0.15, 0.2) is 0 Å². The average molecular weight is 310 g/mol. The van der Waals surface area contributed by atoms with Crippen LogP contribution in [0.25, 0.3) is 0 Å². The predicted octanol–water partition coefficient (Wildman–Crippen LogP) is 0.0497. The van der Waals surface area contributed by atoms with Crippen LogP contribution in [0.3, 0.4) is 0 Å². The van der Waals surface area contributed by atoms with E-state index in [1.54, 1.807) is 12.1 Å². The lowest BCUT2D eigenvalue weighted by molar-refractivity contribution is -0.124. The summed E-state index contributed by atoms with van der Waals surface area (Å²) >= 11 is 0. The summed E-state index contributed by atoms with van der Waals surface area (Å²) in [4.78, 5) is 16.4. The third-order valence-corrected chi connectivity index (χ3v) is 4.50. The van der Waals surface area contributed by atoms with E-state index in [4.69, 9.17) is 5.73 Å². The minimum Gasteiger partial charge on any atom is -0.343 e. The van der Waals surface area contributed by atoms with Gasteiger partial charge in [0.1, 0.15) is 0 Å². The smallest absolute Gasteiger partial charge is 0.240 e. The maximum absolute atomic E-state index is 12.1. The molecule has 4 N–H and O–H groups in total. The second kappa shape index (κ2) is 4.41. The summed E-state index contributed by atoms with van der Waals surface area (Å²) in [5.74, 6) is -0.150. The molecule has 0 aromatic carbocycles. The number of carbonyl (C=O) groups is 1. The van der Waals surface area contributed by atoms with E-state index in [9.17, 15) is 13.2 Å². The maximum Gasteiger partial charge on any atom is 0.240 e. The van der Waals surface area contributed by atoms with Gasteiger partial charge in [0.2, 0.25) is 15.9 Å². The zero-order valence-corrected chi connectivity index (χ0v) is 12.5. The highest BCUT2D eigenvalue weighted by Gasteiger charge is 2.53. The van der Waals surface area contributed by atoms with Gasteiger partial charge < -0.3 is 11.1 Å². The number of carbonyl (C=O) groups excluding carboxylic acids is 1. The van der Waals surface area contributed by atoms with Crippen molar-refractivity contribution in [3.63, 3.8) is 0 Å². The van der Waals surface area contributed by atoms with Gasteiger partial charge in [0.05, 0.1) is 28.7 Å². The maximum atomic E-state index is 12.1. The molecule has 2 aliphatic carbocycles. The number of pyridine rings is 1. The van der Waals surface area contributed by atoms with E-state index in [0.29, 0.717) is 24.2 Å². The summed E-state index contributed by atoms with van der Waals surface area (Å²) in [5.41, 5.74) is 5.77. The largest absolute Gasteiger partial charge is 0.343 e. The fourth-order valence-corrected chi connectivity index (χ4v) is 2.80. The van der Waals surface area contributed by atoms with Crippen LogP contribution < -0.4 is 15.8 Å². The minimum absolute atomic E-state index is 0.150. The van der Waals surface area contributed by atoms with Gasteiger partial charge in [-0.1, -0.05) is 0 Å². The van der Waals surface area contributed by atoms with E-state index in [0.717, 1.165) is 19.1 Å². The Balaban J connectivity index is 1.80. The number of rotatable bonds is 5. The number of nitrogens with zero attached hydrogens (tertiary/aromatic N) is 1. The molecule has 0 unspecified atom stereocenters. The molecular weight excluding hydrogens is 292 g/mol. The Labute approximate surface area is 123 Å². The van der Waals surface area contributed by atoms with Gasteiger partial charge in [-0.3, -0.25) is 14.5 Å². The van der Waals surface area contributed by atoms with Gasteiger partial charge in [-0.2, -0.15) is 0 Å². The van der Waals surface area contributed by atoms with Crippen molar-refractivity contribution in [2.24, 2.45) is 5.73 Å². The van der Waals surface area contributed by atoms with Crippen LogP contribution in [0.5, 0.6) is 0 Å². The van der Waals surface area contributed by atoms with Crippen LogP contribution in [0, 0.1) is 0 Å². The molecule has 0 spiro atoms. The zero-order valence-electron chi connectivity index (χ0n) is 11.7. The first kappa shape index (κ1) is 14.3. The lowest BCUT2D eigenvalue weighted by atomic mass is 10.1. The van der Waals surface area contributed by atoms with Crippen LogP contribution in [0.2, 0.25) is 0 Å². The molecule has 7 nitrogen and oxygen atoms in total. The molecule has 1 heterocycles. The Morgan fingerprint density at radius 3 is 2.52 bits per heavy atom. The summed E-state index contributed by atoms with van der Waals surface area (Å²) in [6, 6.07) is 3.23. The summed E-state index contributed by atoms with van der Waals surface area (Å²) in [6.07, 6.45) is 5.60. The highest BCUT2D eigenvalue weighted by Crippen LogP contribution is 2.46. The van der Waals surface area contributed by atoms with Crippen molar-refractivity contribution in [3.8, 4) is 0 Å². The van der Waals surface area contributed by atoms with E-state index in [1.165, 1.54) is 6.20 Å². The lowest BCUT2D eigenvalue weighted by Crippen LogP contribution is -2.47. The van der Waals surface area contributed by atoms with Crippen molar-refractivity contribution in [1.29, 1.82) is 0 Å². The Hall–Kier alpha value is -1.67. The number of nitrogens with one attached hydrogen (secondary N) is 2. The highest BCUT2D eigenvalue weighted by molar-refractivity contribution is 7.92. The molecule has 0 saturated heterocycles. The van der Waals surface area contributed by atoms with Crippen molar-refractivity contribution < 1.29 is 13.2 Å². The number of anilines is 1. The van der Waals surface area contributed by atoms with Gasteiger partial charge >= 0.3 is 0 Å². The number of amides is 1. The van der Waals surface area contributed by atoms with E-state index < -0.39 is 21.1 Å². The lowest BCUT2D eigenvalue weighted by Gasteiger charge is -2.20. The topological polar surface area (TPSA) is 114 Å². The van der Waals surface area contributed by atoms with Gasteiger partial charge in [0.25, 0.3) is 0 Å². The highest BCUT2D eigenvalue weighted by atomic mass is 32.2. The quantitative estimate of drug-likeness (QED) is 0.711. The van der Waals surface area contributed by atoms with Crippen LogP contribution in [0.15, 0.2) is 18.3 Å².